The first-order valence-corrected chi connectivity index (χ1v) is 5.73. The summed E-state index contributed by atoms with van der Waals surface area (Å²) in [7, 11) is 1.40. The third-order valence-corrected chi connectivity index (χ3v) is 3.11. The van der Waals surface area contributed by atoms with E-state index in [-0.39, 0.29) is 12.0 Å². The van der Waals surface area contributed by atoms with Crippen LogP contribution in [0.15, 0.2) is 24.5 Å². The van der Waals surface area contributed by atoms with Crippen molar-refractivity contribution in [3.63, 3.8) is 0 Å². The van der Waals surface area contributed by atoms with Crippen molar-refractivity contribution in [3.05, 3.63) is 30.4 Å². The quantitative estimate of drug-likeness (QED) is 0.737. The van der Waals surface area contributed by atoms with Crippen molar-refractivity contribution in [2.45, 2.75) is 18.9 Å². The minimum absolute atomic E-state index is 0.251. The Morgan fingerprint density at radius 3 is 3.11 bits per heavy atom. The van der Waals surface area contributed by atoms with Crippen LogP contribution in [0.25, 0.3) is 11.4 Å². The lowest BCUT2D eigenvalue weighted by Gasteiger charge is -2.12. The minimum Gasteiger partial charge on any atom is -0.467 e. The predicted octanol–water partition coefficient (Wildman–Crippen LogP) is 1.00. The van der Waals surface area contributed by atoms with Crippen molar-refractivity contribution in [2.75, 3.05) is 7.11 Å². The summed E-state index contributed by atoms with van der Waals surface area (Å²) in [5.74, 6) is 1.24. The molecule has 18 heavy (non-hydrogen) atoms. The van der Waals surface area contributed by atoms with E-state index in [1.165, 1.54) is 7.11 Å². The van der Waals surface area contributed by atoms with Crippen LogP contribution >= 0.6 is 0 Å². The molecule has 2 aromatic rings. The van der Waals surface area contributed by atoms with Gasteiger partial charge in [0.1, 0.15) is 11.9 Å². The highest BCUT2D eigenvalue weighted by molar-refractivity contribution is 5.76. The number of hydrogen-bond donors (Lipinski definition) is 0. The Morgan fingerprint density at radius 2 is 2.39 bits per heavy atom. The number of rotatable bonds is 2. The lowest BCUT2D eigenvalue weighted by molar-refractivity contribution is -0.144. The third-order valence-electron chi connectivity index (χ3n) is 3.11. The van der Waals surface area contributed by atoms with E-state index in [4.69, 9.17) is 4.74 Å². The molecule has 0 unspecified atom stereocenters. The van der Waals surface area contributed by atoms with E-state index in [9.17, 15) is 4.79 Å². The first-order valence-electron chi connectivity index (χ1n) is 5.73. The summed E-state index contributed by atoms with van der Waals surface area (Å²) in [6.07, 6.45) is 4.87. The molecule has 0 bridgehead atoms. The SMILES string of the molecule is COC(=O)[C@@H]1CCc2nnc(-c3cccnc3)n21. The van der Waals surface area contributed by atoms with Crippen molar-refractivity contribution in [1.82, 2.24) is 19.7 Å². The maximum absolute atomic E-state index is 11.7. The highest BCUT2D eigenvalue weighted by Crippen LogP contribution is 2.31. The van der Waals surface area contributed by atoms with Crippen LogP contribution in [-0.4, -0.2) is 32.8 Å². The maximum atomic E-state index is 11.7. The molecule has 0 saturated carbocycles. The van der Waals surface area contributed by atoms with Crippen molar-refractivity contribution in [2.24, 2.45) is 0 Å². The van der Waals surface area contributed by atoms with E-state index in [0.29, 0.717) is 12.2 Å². The fraction of sp³-hybridized carbons (Fsp3) is 0.333. The summed E-state index contributed by atoms with van der Waals surface area (Å²) < 4.78 is 6.67. The van der Waals surface area contributed by atoms with Crippen molar-refractivity contribution in [1.29, 1.82) is 0 Å². The molecule has 0 aliphatic carbocycles. The molecule has 92 valence electrons. The van der Waals surface area contributed by atoms with Crippen LogP contribution in [-0.2, 0) is 16.0 Å². The lowest BCUT2D eigenvalue weighted by Crippen LogP contribution is -2.18. The standard InChI is InChI=1S/C12H12N4O2/c1-18-12(17)9-4-5-10-14-15-11(16(9)10)8-3-2-6-13-7-8/h2-3,6-7,9H,4-5H2,1H3/t9-/m0/s1. The van der Waals surface area contributed by atoms with E-state index in [0.717, 1.165) is 17.8 Å². The number of nitrogens with zero attached hydrogens (tertiary/aromatic N) is 4. The summed E-state index contributed by atoms with van der Waals surface area (Å²) in [5.41, 5.74) is 0.854. The molecule has 3 heterocycles. The van der Waals surface area contributed by atoms with Crippen molar-refractivity contribution >= 4 is 5.97 Å². The second kappa shape index (κ2) is 4.21. The maximum Gasteiger partial charge on any atom is 0.328 e. The number of aromatic nitrogens is 4. The molecule has 0 fully saturated rings. The molecule has 6 nitrogen and oxygen atoms in total. The number of carbonyl (C=O) groups is 1. The molecule has 0 N–H and O–H groups in total. The Bertz CT molecular complexity index is 579. The van der Waals surface area contributed by atoms with Crippen molar-refractivity contribution in [3.8, 4) is 11.4 Å². The predicted molar refractivity (Wildman–Crippen MR) is 62.6 cm³/mol. The van der Waals surface area contributed by atoms with Gasteiger partial charge in [-0.1, -0.05) is 0 Å². The number of fused-ring (bicyclic) bond motifs is 1. The van der Waals surface area contributed by atoms with Gasteiger partial charge in [-0.3, -0.25) is 9.55 Å². The van der Waals surface area contributed by atoms with Crippen LogP contribution in [0.5, 0.6) is 0 Å². The van der Waals surface area contributed by atoms with Gasteiger partial charge in [-0.25, -0.2) is 4.79 Å². The van der Waals surface area contributed by atoms with Crippen LogP contribution in [0.2, 0.25) is 0 Å². The van der Waals surface area contributed by atoms with Gasteiger partial charge in [0.25, 0.3) is 0 Å². The van der Waals surface area contributed by atoms with E-state index in [1.54, 1.807) is 12.4 Å². The van der Waals surface area contributed by atoms with Crippen molar-refractivity contribution < 1.29 is 9.53 Å². The number of aryl methyl sites for hydroxylation is 1. The average molecular weight is 244 g/mol. The lowest BCUT2D eigenvalue weighted by atomic mass is 10.2. The van der Waals surface area contributed by atoms with Gasteiger partial charge in [-0.15, -0.1) is 10.2 Å². The first-order chi connectivity index (χ1) is 8.81. The minimum atomic E-state index is -0.324. The van der Waals surface area contributed by atoms with Gasteiger partial charge in [0.15, 0.2) is 5.82 Å². The molecule has 1 atom stereocenters. The second-order valence-electron chi connectivity index (χ2n) is 4.13. The zero-order valence-corrected chi connectivity index (χ0v) is 9.91. The Hall–Kier alpha value is -2.24. The number of carbonyl (C=O) groups excluding carboxylic acids is 1. The molecular weight excluding hydrogens is 232 g/mol. The normalized spacial score (nSPS) is 17.5. The average Bonchev–Trinajstić information content (AvgIpc) is 3.00. The van der Waals surface area contributed by atoms with Crippen LogP contribution in [0.4, 0.5) is 0 Å². The van der Waals surface area contributed by atoms with Gasteiger partial charge < -0.3 is 4.74 Å². The molecule has 0 radical (unpaired) electrons. The Morgan fingerprint density at radius 1 is 1.50 bits per heavy atom. The monoisotopic (exact) mass is 244 g/mol. The van der Waals surface area contributed by atoms with Gasteiger partial charge in [0.2, 0.25) is 0 Å². The fourth-order valence-corrected chi connectivity index (χ4v) is 2.27. The summed E-state index contributed by atoms with van der Waals surface area (Å²) >= 11 is 0. The number of esters is 1. The molecule has 1 aliphatic heterocycles. The summed E-state index contributed by atoms with van der Waals surface area (Å²) in [5, 5.41) is 8.26. The third kappa shape index (κ3) is 1.57. The molecule has 0 saturated heterocycles. The van der Waals surface area contributed by atoms with Gasteiger partial charge in [0.05, 0.1) is 7.11 Å². The van der Waals surface area contributed by atoms with Gasteiger partial charge in [-0.05, 0) is 18.6 Å². The topological polar surface area (TPSA) is 69.9 Å². The van der Waals surface area contributed by atoms with E-state index in [2.05, 4.69) is 15.2 Å². The fourth-order valence-electron chi connectivity index (χ4n) is 2.27. The number of pyridine rings is 1. The first kappa shape index (κ1) is 10.9. The molecule has 0 spiro atoms. The van der Waals surface area contributed by atoms with Crippen LogP contribution in [0.3, 0.4) is 0 Å². The largest absolute Gasteiger partial charge is 0.467 e. The Kier molecular flexibility index (Phi) is 2.55. The molecule has 1 aliphatic rings. The molecule has 0 amide bonds. The van der Waals surface area contributed by atoms with Gasteiger partial charge >= 0.3 is 5.97 Å². The summed E-state index contributed by atoms with van der Waals surface area (Å²) in [6, 6.07) is 3.41. The number of methoxy groups -OCH3 is 1. The molecule has 6 heteroatoms. The van der Waals surface area contributed by atoms with Crippen LogP contribution < -0.4 is 0 Å². The molecule has 3 rings (SSSR count). The number of ether oxygens (including phenoxy) is 1. The van der Waals surface area contributed by atoms with Gasteiger partial charge in [-0.2, -0.15) is 0 Å². The smallest absolute Gasteiger partial charge is 0.328 e. The number of hydrogen-bond acceptors (Lipinski definition) is 5. The highest BCUT2D eigenvalue weighted by atomic mass is 16.5. The molecule has 2 aromatic heterocycles. The summed E-state index contributed by atoms with van der Waals surface area (Å²) in [4.78, 5) is 15.8. The van der Waals surface area contributed by atoms with Gasteiger partial charge in [0, 0.05) is 24.4 Å². The van der Waals surface area contributed by atoms with Crippen LogP contribution in [0, 0.1) is 0 Å². The Labute approximate surface area is 104 Å². The van der Waals surface area contributed by atoms with E-state index in [1.807, 2.05) is 16.7 Å². The molecular formula is C12H12N4O2. The summed E-state index contributed by atoms with van der Waals surface area (Å²) in [6.45, 7) is 0. The zero-order chi connectivity index (χ0) is 12.5. The van der Waals surface area contributed by atoms with Crippen LogP contribution in [0.1, 0.15) is 18.3 Å². The molecule has 0 aromatic carbocycles. The second-order valence-corrected chi connectivity index (χ2v) is 4.13. The highest BCUT2D eigenvalue weighted by Gasteiger charge is 2.33. The zero-order valence-electron chi connectivity index (χ0n) is 9.91. The Balaban J connectivity index is 2.07. The van der Waals surface area contributed by atoms with E-state index < -0.39 is 0 Å². The van der Waals surface area contributed by atoms with E-state index >= 15 is 0 Å².